The lowest BCUT2D eigenvalue weighted by Crippen LogP contribution is -2.58. The number of benzene rings is 1. The summed E-state index contributed by atoms with van der Waals surface area (Å²) in [6.45, 7) is 6.82. The van der Waals surface area contributed by atoms with Crippen LogP contribution in [-0.2, 0) is 9.53 Å². The molecule has 4 rings (SSSR count). The largest absolute Gasteiger partial charge is 0.373 e. The quantitative estimate of drug-likeness (QED) is 0.838. The molecule has 25 heavy (non-hydrogen) atoms. The molecule has 2 bridgehead atoms. The molecule has 136 valence electrons. The van der Waals surface area contributed by atoms with E-state index in [2.05, 4.69) is 19.2 Å². The molecule has 1 aromatic carbocycles. The fraction of sp³-hybridized carbons (Fsp3) is 0.650. The van der Waals surface area contributed by atoms with E-state index in [0.29, 0.717) is 18.4 Å². The van der Waals surface area contributed by atoms with Gasteiger partial charge in [0, 0.05) is 19.6 Å². The molecule has 1 saturated heterocycles. The maximum absolute atomic E-state index is 13.6. The van der Waals surface area contributed by atoms with E-state index < -0.39 is 5.82 Å². The fourth-order valence-corrected chi connectivity index (χ4v) is 6.20. The predicted octanol–water partition coefficient (Wildman–Crippen LogP) is 4.50. The summed E-state index contributed by atoms with van der Waals surface area (Å²) in [5.74, 6) is 0.528. The fourth-order valence-electron chi connectivity index (χ4n) is 6.01. The monoisotopic (exact) mass is 365 g/mol. The average molecular weight is 366 g/mol. The molecule has 0 radical (unpaired) electrons. The van der Waals surface area contributed by atoms with Gasteiger partial charge in [-0.2, -0.15) is 0 Å². The van der Waals surface area contributed by atoms with Gasteiger partial charge >= 0.3 is 0 Å². The maximum atomic E-state index is 13.6. The molecule has 3 nitrogen and oxygen atoms in total. The van der Waals surface area contributed by atoms with Crippen LogP contribution < -0.4 is 5.32 Å². The van der Waals surface area contributed by atoms with Crippen LogP contribution in [-0.4, -0.2) is 18.6 Å². The van der Waals surface area contributed by atoms with Crippen molar-refractivity contribution >= 4 is 17.5 Å². The van der Waals surface area contributed by atoms with Gasteiger partial charge in [-0.25, -0.2) is 4.39 Å². The van der Waals surface area contributed by atoms with E-state index in [-0.39, 0.29) is 33.9 Å². The number of hydrogen-bond donors (Lipinski definition) is 1. The van der Waals surface area contributed by atoms with Gasteiger partial charge in [-0.15, -0.1) is 0 Å². The van der Waals surface area contributed by atoms with Crippen LogP contribution in [0.2, 0.25) is 5.02 Å². The Kier molecular flexibility index (Phi) is 3.93. The molecule has 3 aliphatic rings. The van der Waals surface area contributed by atoms with E-state index in [1.807, 2.05) is 0 Å². The summed E-state index contributed by atoms with van der Waals surface area (Å²) < 4.78 is 19.7. The summed E-state index contributed by atoms with van der Waals surface area (Å²) in [6, 6.07) is 5.06. The van der Waals surface area contributed by atoms with Gasteiger partial charge in [-0.3, -0.25) is 4.79 Å². The highest BCUT2D eigenvalue weighted by molar-refractivity contribution is 6.30. The first-order chi connectivity index (χ1) is 11.8. The highest BCUT2D eigenvalue weighted by Gasteiger charge is 2.68. The van der Waals surface area contributed by atoms with Gasteiger partial charge in [0.2, 0.25) is 5.91 Å². The molecule has 0 aromatic heterocycles. The number of carbonyl (C=O) groups excluding carboxylic acids is 1. The van der Waals surface area contributed by atoms with E-state index in [9.17, 15) is 9.18 Å². The topological polar surface area (TPSA) is 38.3 Å². The van der Waals surface area contributed by atoms with Crippen molar-refractivity contribution < 1.29 is 13.9 Å². The molecule has 5 atom stereocenters. The smallest absolute Gasteiger partial charge is 0.217 e. The third-order valence-electron chi connectivity index (χ3n) is 7.12. The van der Waals surface area contributed by atoms with Crippen LogP contribution in [0.25, 0.3) is 0 Å². The molecule has 0 unspecified atom stereocenters. The van der Waals surface area contributed by atoms with Crippen molar-refractivity contribution in [3.05, 3.63) is 34.6 Å². The van der Waals surface area contributed by atoms with Gasteiger partial charge in [0.05, 0.1) is 11.1 Å². The molecule has 1 amide bonds. The zero-order valence-electron chi connectivity index (χ0n) is 14.9. The summed E-state index contributed by atoms with van der Waals surface area (Å²) in [5, 5.41) is 3.41. The second-order valence-electron chi connectivity index (χ2n) is 8.65. The minimum absolute atomic E-state index is 0.0339. The normalized spacial score (nSPS) is 38.4. The van der Waals surface area contributed by atoms with E-state index >= 15 is 0 Å². The van der Waals surface area contributed by atoms with Gasteiger partial charge in [0.25, 0.3) is 0 Å². The molecule has 1 spiro atoms. The van der Waals surface area contributed by atoms with Crippen LogP contribution in [0, 0.1) is 28.5 Å². The van der Waals surface area contributed by atoms with E-state index in [4.69, 9.17) is 16.3 Å². The molecular formula is C20H25ClFNO2. The SMILES string of the molecule is CC(=O)N[C@@H]1C(C)(C)[C@@H]2C[C@@H]3[C@@H](c4ccc(F)c(Cl)c4)OCC[C@@]31C2. The minimum atomic E-state index is -0.402. The van der Waals surface area contributed by atoms with Crippen LogP contribution in [0.1, 0.15) is 51.7 Å². The molecule has 3 fully saturated rings. The van der Waals surface area contributed by atoms with Gasteiger partial charge in [-0.1, -0.05) is 31.5 Å². The van der Waals surface area contributed by atoms with Crippen molar-refractivity contribution in [3.63, 3.8) is 0 Å². The lowest BCUT2D eigenvalue weighted by atomic mass is 9.59. The molecular weight excluding hydrogens is 341 g/mol. The standard InChI is InChI=1S/C20H25ClFNO2/c1-11(24)23-18-19(2,3)13-9-14-17(25-7-6-20(14,18)10-13)12-4-5-16(22)15(21)8-12/h4-5,8,13-14,17-18H,6-7,9-10H2,1-3H3,(H,23,24)/t13-,14-,17-,18-,20-/m1/s1. The second kappa shape index (κ2) is 5.68. The van der Waals surface area contributed by atoms with Gasteiger partial charge < -0.3 is 10.1 Å². The molecule has 1 aromatic rings. The van der Waals surface area contributed by atoms with E-state index in [0.717, 1.165) is 24.8 Å². The van der Waals surface area contributed by atoms with Crippen molar-refractivity contribution in [1.29, 1.82) is 0 Å². The number of nitrogens with one attached hydrogen (secondary N) is 1. The first kappa shape index (κ1) is 17.3. The number of rotatable bonds is 2. The van der Waals surface area contributed by atoms with Crippen LogP contribution in [0.5, 0.6) is 0 Å². The lowest BCUT2D eigenvalue weighted by molar-refractivity contribution is -0.136. The third kappa shape index (κ3) is 2.44. The molecule has 1 N–H and O–H groups in total. The Hall–Kier alpha value is -1.13. The van der Waals surface area contributed by atoms with Crippen molar-refractivity contribution in [2.24, 2.45) is 22.7 Å². The molecule has 2 aliphatic carbocycles. The van der Waals surface area contributed by atoms with Crippen molar-refractivity contribution in [1.82, 2.24) is 5.32 Å². The lowest BCUT2D eigenvalue weighted by Gasteiger charge is -2.53. The van der Waals surface area contributed by atoms with Crippen LogP contribution in [0.4, 0.5) is 4.39 Å². The summed E-state index contributed by atoms with van der Waals surface area (Å²) in [5.41, 5.74) is 1.09. The van der Waals surface area contributed by atoms with Gasteiger partial charge in [0.15, 0.2) is 0 Å². The van der Waals surface area contributed by atoms with Crippen LogP contribution >= 0.6 is 11.6 Å². The summed E-state index contributed by atoms with van der Waals surface area (Å²) in [7, 11) is 0. The zero-order chi connectivity index (χ0) is 18.0. The maximum Gasteiger partial charge on any atom is 0.217 e. The Morgan fingerprint density at radius 2 is 2.16 bits per heavy atom. The first-order valence-corrected chi connectivity index (χ1v) is 9.47. The van der Waals surface area contributed by atoms with Crippen molar-refractivity contribution in [2.75, 3.05) is 6.61 Å². The number of carbonyl (C=O) groups is 1. The Bertz CT molecular complexity index is 722. The number of hydrogen-bond acceptors (Lipinski definition) is 2. The molecule has 2 saturated carbocycles. The second-order valence-corrected chi connectivity index (χ2v) is 9.05. The number of amides is 1. The summed E-state index contributed by atoms with van der Waals surface area (Å²) in [4.78, 5) is 11.9. The highest BCUT2D eigenvalue weighted by atomic mass is 35.5. The Labute approximate surface area is 153 Å². The average Bonchev–Trinajstić information content (AvgIpc) is 3.03. The number of ether oxygens (including phenoxy) is 1. The third-order valence-corrected chi connectivity index (χ3v) is 7.41. The minimum Gasteiger partial charge on any atom is -0.373 e. The zero-order valence-corrected chi connectivity index (χ0v) is 15.7. The Balaban J connectivity index is 1.72. The highest BCUT2D eigenvalue weighted by Crippen LogP contribution is 2.70. The molecule has 1 heterocycles. The molecule has 5 heteroatoms. The Morgan fingerprint density at radius 1 is 1.40 bits per heavy atom. The Morgan fingerprint density at radius 3 is 2.84 bits per heavy atom. The first-order valence-electron chi connectivity index (χ1n) is 9.09. The van der Waals surface area contributed by atoms with Gasteiger partial charge in [0.1, 0.15) is 5.82 Å². The van der Waals surface area contributed by atoms with Crippen LogP contribution in [0.3, 0.4) is 0 Å². The predicted molar refractivity (Wildman–Crippen MR) is 94.8 cm³/mol. The van der Waals surface area contributed by atoms with Crippen LogP contribution in [0.15, 0.2) is 18.2 Å². The van der Waals surface area contributed by atoms with Crippen molar-refractivity contribution in [3.8, 4) is 0 Å². The number of halogens is 2. The van der Waals surface area contributed by atoms with Crippen molar-refractivity contribution in [2.45, 2.75) is 52.2 Å². The molecule has 1 aliphatic heterocycles. The number of fused-ring (bicyclic) bond motifs is 1. The van der Waals surface area contributed by atoms with Gasteiger partial charge in [-0.05, 0) is 59.6 Å². The van der Waals surface area contributed by atoms with E-state index in [1.54, 1.807) is 19.1 Å². The van der Waals surface area contributed by atoms with E-state index in [1.165, 1.54) is 6.07 Å². The summed E-state index contributed by atoms with van der Waals surface area (Å²) in [6.07, 6.45) is 3.10. The summed E-state index contributed by atoms with van der Waals surface area (Å²) >= 11 is 6.01.